The maximum absolute atomic E-state index is 14.8. The quantitative estimate of drug-likeness (QED) is 0.155. The molecule has 14 heteroatoms. The summed E-state index contributed by atoms with van der Waals surface area (Å²) in [6, 6.07) is 19.0. The Hall–Kier alpha value is -2.71. The lowest BCUT2D eigenvalue weighted by Gasteiger charge is -2.38. The molecule has 0 saturated heterocycles. The summed E-state index contributed by atoms with van der Waals surface area (Å²) < 4.78 is 152. The Morgan fingerprint density at radius 3 is 1.41 bits per heavy atom. The molecule has 0 aliphatic rings. The van der Waals surface area contributed by atoms with Crippen LogP contribution in [0.5, 0.6) is 0 Å². The molecule has 0 amide bonds. The lowest BCUT2D eigenvalue weighted by atomic mass is 10.1. The highest BCUT2D eigenvalue weighted by Gasteiger charge is 2.88. The standard InChI is InChI=1S/C23H17F9O3S2/c1-16-10-8-9-15-19(16)36(17-11-4-2-5-12-17,18-13-6-3-7-14-18)35-37(33,34)23(31,32)21(26,27)20(24,25)22(28,29)30/h2-15H,1H3/p+1. The largest absolute Gasteiger partial charge is 0.486 e. The van der Waals surface area contributed by atoms with Crippen molar-refractivity contribution in [3.05, 3.63) is 90.5 Å². The fourth-order valence-electron chi connectivity index (χ4n) is 3.36. The lowest BCUT2D eigenvalue weighted by Crippen LogP contribution is -2.63. The van der Waals surface area contributed by atoms with E-state index in [9.17, 15) is 47.9 Å². The van der Waals surface area contributed by atoms with Crippen molar-refractivity contribution in [1.29, 1.82) is 0 Å². The minimum absolute atomic E-state index is 0.0438. The van der Waals surface area contributed by atoms with Crippen LogP contribution >= 0.6 is 10.3 Å². The van der Waals surface area contributed by atoms with Gasteiger partial charge in [-0.15, -0.1) is 8.42 Å². The van der Waals surface area contributed by atoms with E-state index in [1.54, 1.807) is 0 Å². The van der Waals surface area contributed by atoms with E-state index in [0.717, 1.165) is 0 Å². The molecule has 0 saturated carbocycles. The Bertz CT molecular complexity index is 1310. The van der Waals surface area contributed by atoms with E-state index in [2.05, 4.69) is 3.63 Å². The van der Waals surface area contributed by atoms with Crippen molar-refractivity contribution in [1.82, 2.24) is 0 Å². The maximum atomic E-state index is 14.8. The number of halogens is 9. The van der Waals surface area contributed by atoms with Crippen molar-refractivity contribution in [2.45, 2.75) is 44.9 Å². The van der Waals surface area contributed by atoms with E-state index < -0.39 is 43.7 Å². The number of alkyl halides is 9. The molecule has 37 heavy (non-hydrogen) atoms. The van der Waals surface area contributed by atoms with Gasteiger partial charge in [0, 0.05) is 0 Å². The average Bonchev–Trinajstić information content (AvgIpc) is 2.83. The van der Waals surface area contributed by atoms with Gasteiger partial charge in [-0.1, -0.05) is 54.6 Å². The first-order valence-corrected chi connectivity index (χ1v) is 13.1. The Morgan fingerprint density at radius 2 is 1.00 bits per heavy atom. The van der Waals surface area contributed by atoms with Gasteiger partial charge in [-0.3, -0.25) is 3.63 Å². The second-order valence-electron chi connectivity index (χ2n) is 7.68. The van der Waals surface area contributed by atoms with Crippen molar-refractivity contribution in [2.24, 2.45) is 0 Å². The zero-order chi connectivity index (χ0) is 27.9. The Morgan fingerprint density at radius 1 is 0.595 bits per heavy atom. The summed E-state index contributed by atoms with van der Waals surface area (Å²) in [5, 5.41) is -6.95. The van der Waals surface area contributed by atoms with Gasteiger partial charge in [0.2, 0.25) is 0 Å². The highest BCUT2D eigenvalue weighted by atomic mass is 32.3. The molecular formula is C23H18F9O3S2+. The van der Waals surface area contributed by atoms with Crippen LogP contribution in [0.15, 0.2) is 99.6 Å². The van der Waals surface area contributed by atoms with Crippen molar-refractivity contribution >= 4 is 20.4 Å². The number of benzene rings is 3. The SMILES string of the molecule is Cc1ccccc1S([OH+]S(=O)(=O)C(F)(F)C(F)(F)C(F)(F)C(F)(F)F)(c1ccccc1)c1ccccc1. The first kappa shape index (κ1) is 28.9. The van der Waals surface area contributed by atoms with Crippen LogP contribution in [0, 0.1) is 6.92 Å². The fourth-order valence-corrected chi connectivity index (χ4v) is 9.06. The second kappa shape index (κ2) is 9.55. The van der Waals surface area contributed by atoms with Crippen LogP contribution in [-0.4, -0.2) is 35.3 Å². The molecule has 0 aliphatic heterocycles. The average molecular weight is 578 g/mol. The predicted octanol–water partition coefficient (Wildman–Crippen LogP) is 8.04. The molecule has 0 radical (unpaired) electrons. The summed E-state index contributed by atoms with van der Waals surface area (Å²) in [7, 11) is -10.9. The summed E-state index contributed by atoms with van der Waals surface area (Å²) in [6.07, 6.45) is -7.19. The van der Waals surface area contributed by atoms with Crippen LogP contribution in [-0.2, 0) is 10.1 Å². The summed E-state index contributed by atoms with van der Waals surface area (Å²) in [4.78, 5) is -0.209. The topological polar surface area (TPSA) is 46.9 Å². The van der Waals surface area contributed by atoms with Gasteiger partial charge in [-0.25, -0.2) is 0 Å². The molecule has 0 aliphatic carbocycles. The second-order valence-corrected chi connectivity index (χ2v) is 12.3. The first-order chi connectivity index (χ1) is 16.9. The van der Waals surface area contributed by atoms with Gasteiger partial charge < -0.3 is 0 Å². The molecule has 3 aromatic rings. The molecule has 202 valence electrons. The zero-order valence-electron chi connectivity index (χ0n) is 18.6. The van der Waals surface area contributed by atoms with Gasteiger partial charge in [0.1, 0.15) is 0 Å². The molecule has 0 fully saturated rings. The highest BCUT2D eigenvalue weighted by Crippen LogP contribution is 2.70. The molecule has 0 aromatic heterocycles. The van der Waals surface area contributed by atoms with E-state index in [0.29, 0.717) is 0 Å². The van der Waals surface area contributed by atoms with Gasteiger partial charge in [-0.2, -0.15) is 39.5 Å². The van der Waals surface area contributed by atoms with E-state index in [-0.39, 0.29) is 20.2 Å². The molecule has 0 heterocycles. The van der Waals surface area contributed by atoms with E-state index in [1.807, 2.05) is 0 Å². The van der Waals surface area contributed by atoms with Crippen molar-refractivity contribution < 1.29 is 51.6 Å². The van der Waals surface area contributed by atoms with Gasteiger partial charge in [0.15, 0.2) is 0 Å². The van der Waals surface area contributed by atoms with Crippen LogP contribution in [0.1, 0.15) is 5.56 Å². The molecule has 0 bridgehead atoms. The molecular weight excluding hydrogens is 559 g/mol. The molecule has 3 aromatic carbocycles. The van der Waals surface area contributed by atoms with Gasteiger partial charge in [0.05, 0.1) is 25.0 Å². The van der Waals surface area contributed by atoms with E-state index >= 15 is 0 Å². The smallest absolute Gasteiger partial charge is 0.257 e. The van der Waals surface area contributed by atoms with Crippen LogP contribution in [0.4, 0.5) is 39.5 Å². The Kier molecular flexibility index (Phi) is 7.45. The fraction of sp³-hybridized carbons (Fsp3) is 0.217. The summed E-state index contributed by atoms with van der Waals surface area (Å²) in [5.41, 5.74) is 0.264. The molecule has 3 rings (SSSR count). The number of hydrogen-bond acceptors (Lipinski definition) is 2. The number of aryl methyl sites for hydroxylation is 1. The van der Waals surface area contributed by atoms with Gasteiger partial charge in [-0.05, 0) is 42.8 Å². The molecule has 0 spiro atoms. The number of hydrogen-bond donors (Lipinski definition) is 0. The van der Waals surface area contributed by atoms with E-state index in [1.165, 1.54) is 91.9 Å². The summed E-state index contributed by atoms with van der Waals surface area (Å²) in [5.74, 6) is -14.8. The minimum atomic E-state index is -7.40. The van der Waals surface area contributed by atoms with Crippen LogP contribution in [0.3, 0.4) is 0 Å². The predicted molar refractivity (Wildman–Crippen MR) is 119 cm³/mol. The van der Waals surface area contributed by atoms with Crippen LogP contribution in [0.2, 0.25) is 0 Å². The molecule has 3 nitrogen and oxygen atoms in total. The summed E-state index contributed by atoms with van der Waals surface area (Å²) >= 11 is 0. The minimum Gasteiger partial charge on any atom is -0.257 e. The maximum Gasteiger partial charge on any atom is 0.486 e. The van der Waals surface area contributed by atoms with Crippen molar-refractivity contribution in [3.63, 3.8) is 0 Å². The van der Waals surface area contributed by atoms with Gasteiger partial charge >= 0.3 is 33.4 Å². The van der Waals surface area contributed by atoms with Crippen molar-refractivity contribution in [2.75, 3.05) is 0 Å². The lowest BCUT2D eigenvalue weighted by molar-refractivity contribution is -0.382. The van der Waals surface area contributed by atoms with Crippen LogP contribution < -0.4 is 0 Å². The first-order valence-electron chi connectivity index (χ1n) is 10.1. The van der Waals surface area contributed by atoms with Gasteiger partial charge in [0.25, 0.3) is 0 Å². The Labute approximate surface area is 207 Å². The van der Waals surface area contributed by atoms with Crippen molar-refractivity contribution in [3.8, 4) is 0 Å². The van der Waals surface area contributed by atoms with E-state index in [4.69, 9.17) is 0 Å². The summed E-state index contributed by atoms with van der Waals surface area (Å²) in [6.45, 7) is 1.44. The highest BCUT2D eigenvalue weighted by molar-refractivity contribution is 8.32. The normalized spacial score (nSPS) is 14.4. The molecule has 1 N–H and O–H groups in total. The third-order valence-electron chi connectivity index (χ3n) is 5.23. The zero-order valence-corrected chi connectivity index (χ0v) is 20.2. The Balaban J connectivity index is 2.37. The molecule has 0 atom stereocenters. The third-order valence-corrected chi connectivity index (χ3v) is 10.8. The third kappa shape index (κ3) is 4.59. The van der Waals surface area contributed by atoms with Crippen LogP contribution in [0.25, 0.3) is 0 Å². The monoisotopic (exact) mass is 577 g/mol. The number of rotatable bonds is 8. The molecule has 0 unspecified atom stereocenters.